The van der Waals surface area contributed by atoms with Crippen molar-refractivity contribution in [1.29, 1.82) is 0 Å². The van der Waals surface area contributed by atoms with Crippen molar-refractivity contribution in [3.05, 3.63) is 54.4 Å². The van der Waals surface area contributed by atoms with Gasteiger partial charge in [0.1, 0.15) is 5.65 Å². The standard InChI is InChI=1S/C17H17N3O/c1-2-9-20-17(21)13-5-3-12(4-6-13)14-7-10-18-16-15(14)8-11-19-16/h3-8,10-11H,2,9H2,1H3,(H,18,19)(H,20,21). The van der Waals surface area contributed by atoms with Crippen molar-refractivity contribution >= 4 is 16.9 Å². The van der Waals surface area contributed by atoms with Crippen molar-refractivity contribution in [1.82, 2.24) is 15.3 Å². The summed E-state index contributed by atoms with van der Waals surface area (Å²) in [6.07, 6.45) is 4.61. The van der Waals surface area contributed by atoms with Gasteiger partial charge in [-0.05, 0) is 41.8 Å². The van der Waals surface area contributed by atoms with Crippen molar-refractivity contribution in [2.24, 2.45) is 0 Å². The molecule has 0 saturated carbocycles. The second kappa shape index (κ2) is 5.79. The highest BCUT2D eigenvalue weighted by Gasteiger charge is 2.07. The molecule has 0 aliphatic heterocycles. The number of amides is 1. The lowest BCUT2D eigenvalue weighted by Crippen LogP contribution is -2.23. The molecule has 0 aliphatic carbocycles. The molecule has 0 radical (unpaired) electrons. The second-order valence-electron chi connectivity index (χ2n) is 4.93. The van der Waals surface area contributed by atoms with Crippen LogP contribution in [0.5, 0.6) is 0 Å². The van der Waals surface area contributed by atoms with E-state index in [9.17, 15) is 4.79 Å². The topological polar surface area (TPSA) is 57.8 Å². The van der Waals surface area contributed by atoms with E-state index in [2.05, 4.69) is 15.3 Å². The first kappa shape index (κ1) is 13.4. The summed E-state index contributed by atoms with van der Waals surface area (Å²) < 4.78 is 0. The molecule has 1 aromatic carbocycles. The Morgan fingerprint density at radius 1 is 1.19 bits per heavy atom. The van der Waals surface area contributed by atoms with Gasteiger partial charge in [0.15, 0.2) is 0 Å². The molecule has 0 aliphatic rings. The number of H-pyrrole nitrogens is 1. The summed E-state index contributed by atoms with van der Waals surface area (Å²) in [5.41, 5.74) is 3.75. The molecule has 0 saturated heterocycles. The van der Waals surface area contributed by atoms with Crippen LogP contribution in [-0.2, 0) is 0 Å². The molecular formula is C17H17N3O. The molecule has 0 unspecified atom stereocenters. The number of carbonyl (C=O) groups is 1. The maximum absolute atomic E-state index is 11.9. The van der Waals surface area contributed by atoms with Crippen LogP contribution < -0.4 is 5.32 Å². The van der Waals surface area contributed by atoms with Crippen LogP contribution in [0.3, 0.4) is 0 Å². The van der Waals surface area contributed by atoms with E-state index in [-0.39, 0.29) is 5.91 Å². The van der Waals surface area contributed by atoms with Gasteiger partial charge in [-0.1, -0.05) is 19.1 Å². The number of aromatic nitrogens is 2. The Hall–Kier alpha value is -2.62. The summed E-state index contributed by atoms with van der Waals surface area (Å²) in [4.78, 5) is 19.3. The van der Waals surface area contributed by atoms with Crippen molar-refractivity contribution in [3.63, 3.8) is 0 Å². The highest BCUT2D eigenvalue weighted by Crippen LogP contribution is 2.26. The normalized spacial score (nSPS) is 10.7. The molecule has 4 nitrogen and oxygen atoms in total. The smallest absolute Gasteiger partial charge is 0.251 e. The first-order chi connectivity index (χ1) is 10.3. The van der Waals surface area contributed by atoms with Crippen LogP contribution in [0.2, 0.25) is 0 Å². The fraction of sp³-hybridized carbons (Fsp3) is 0.176. The zero-order valence-corrected chi connectivity index (χ0v) is 11.9. The molecule has 3 aromatic rings. The number of pyridine rings is 1. The summed E-state index contributed by atoms with van der Waals surface area (Å²) in [7, 11) is 0. The zero-order valence-electron chi connectivity index (χ0n) is 11.9. The van der Waals surface area contributed by atoms with Crippen molar-refractivity contribution in [3.8, 4) is 11.1 Å². The van der Waals surface area contributed by atoms with E-state index in [1.165, 1.54) is 0 Å². The molecule has 4 heteroatoms. The van der Waals surface area contributed by atoms with E-state index >= 15 is 0 Å². The fourth-order valence-electron chi connectivity index (χ4n) is 2.35. The van der Waals surface area contributed by atoms with Gasteiger partial charge in [-0.25, -0.2) is 4.98 Å². The fourth-order valence-corrected chi connectivity index (χ4v) is 2.35. The molecule has 0 fully saturated rings. The molecule has 1 amide bonds. The number of aromatic amines is 1. The molecule has 0 bridgehead atoms. The van der Waals surface area contributed by atoms with Gasteiger partial charge in [0.25, 0.3) is 5.91 Å². The second-order valence-corrected chi connectivity index (χ2v) is 4.93. The van der Waals surface area contributed by atoms with Crippen LogP contribution >= 0.6 is 0 Å². The van der Waals surface area contributed by atoms with Crippen LogP contribution in [0.1, 0.15) is 23.7 Å². The van der Waals surface area contributed by atoms with Gasteiger partial charge >= 0.3 is 0 Å². The van der Waals surface area contributed by atoms with Crippen LogP contribution in [0.25, 0.3) is 22.2 Å². The lowest BCUT2D eigenvalue weighted by molar-refractivity contribution is 0.0953. The minimum absolute atomic E-state index is 0.0232. The Morgan fingerprint density at radius 3 is 2.76 bits per heavy atom. The molecule has 21 heavy (non-hydrogen) atoms. The first-order valence-electron chi connectivity index (χ1n) is 7.10. The molecule has 2 heterocycles. The van der Waals surface area contributed by atoms with Gasteiger partial charge in [-0.15, -0.1) is 0 Å². The van der Waals surface area contributed by atoms with Gasteiger partial charge in [0.05, 0.1) is 0 Å². The van der Waals surface area contributed by atoms with Crippen LogP contribution in [0.4, 0.5) is 0 Å². The van der Waals surface area contributed by atoms with Gasteiger partial charge < -0.3 is 10.3 Å². The SMILES string of the molecule is CCCNC(=O)c1ccc(-c2ccnc3[nH]ccc23)cc1. The number of rotatable bonds is 4. The molecule has 106 valence electrons. The summed E-state index contributed by atoms with van der Waals surface area (Å²) in [5.74, 6) is -0.0232. The Balaban J connectivity index is 1.90. The van der Waals surface area contributed by atoms with Crippen molar-refractivity contribution in [2.75, 3.05) is 6.54 Å². The number of hydrogen-bond donors (Lipinski definition) is 2. The predicted molar refractivity (Wildman–Crippen MR) is 84.2 cm³/mol. The highest BCUT2D eigenvalue weighted by atomic mass is 16.1. The third-order valence-corrected chi connectivity index (χ3v) is 3.45. The average molecular weight is 279 g/mol. The van der Waals surface area contributed by atoms with Crippen LogP contribution in [0.15, 0.2) is 48.8 Å². The number of carbonyl (C=O) groups excluding carboxylic acids is 1. The third kappa shape index (κ3) is 2.65. The summed E-state index contributed by atoms with van der Waals surface area (Å²) in [5, 5.41) is 3.96. The van der Waals surface area contributed by atoms with Gasteiger partial charge in [-0.2, -0.15) is 0 Å². The van der Waals surface area contributed by atoms with E-state index in [0.717, 1.165) is 28.6 Å². The molecule has 0 spiro atoms. The van der Waals surface area contributed by atoms with Crippen LogP contribution in [0, 0.1) is 0 Å². The Labute approximate surface area is 123 Å². The zero-order chi connectivity index (χ0) is 14.7. The lowest BCUT2D eigenvalue weighted by atomic mass is 10.0. The lowest BCUT2D eigenvalue weighted by Gasteiger charge is -2.06. The maximum atomic E-state index is 11.9. The van der Waals surface area contributed by atoms with Crippen LogP contribution in [-0.4, -0.2) is 22.4 Å². The Kier molecular flexibility index (Phi) is 3.69. The quantitative estimate of drug-likeness (QED) is 0.769. The predicted octanol–water partition coefficient (Wildman–Crippen LogP) is 3.37. The van der Waals surface area contributed by atoms with E-state index in [1.54, 1.807) is 6.20 Å². The number of nitrogens with one attached hydrogen (secondary N) is 2. The van der Waals surface area contributed by atoms with E-state index in [1.807, 2.05) is 49.5 Å². The van der Waals surface area contributed by atoms with Gasteiger partial charge in [-0.3, -0.25) is 4.79 Å². The summed E-state index contributed by atoms with van der Waals surface area (Å²) in [6.45, 7) is 2.74. The third-order valence-electron chi connectivity index (χ3n) is 3.45. The Morgan fingerprint density at radius 2 is 2.00 bits per heavy atom. The van der Waals surface area contributed by atoms with Gasteiger partial charge in [0, 0.05) is 29.9 Å². The molecule has 2 aromatic heterocycles. The molecular weight excluding hydrogens is 262 g/mol. The number of benzene rings is 1. The van der Waals surface area contributed by atoms with Crippen molar-refractivity contribution < 1.29 is 4.79 Å². The number of fused-ring (bicyclic) bond motifs is 1. The maximum Gasteiger partial charge on any atom is 0.251 e. The molecule has 0 atom stereocenters. The van der Waals surface area contributed by atoms with E-state index in [4.69, 9.17) is 0 Å². The highest BCUT2D eigenvalue weighted by molar-refractivity contribution is 5.96. The number of nitrogens with zero attached hydrogens (tertiary/aromatic N) is 1. The summed E-state index contributed by atoms with van der Waals surface area (Å²) in [6, 6.07) is 11.7. The minimum Gasteiger partial charge on any atom is -0.352 e. The first-order valence-corrected chi connectivity index (χ1v) is 7.10. The molecule has 3 rings (SSSR count). The largest absolute Gasteiger partial charge is 0.352 e. The van der Waals surface area contributed by atoms with E-state index in [0.29, 0.717) is 12.1 Å². The monoisotopic (exact) mass is 279 g/mol. The summed E-state index contributed by atoms with van der Waals surface area (Å²) >= 11 is 0. The van der Waals surface area contributed by atoms with E-state index < -0.39 is 0 Å². The minimum atomic E-state index is -0.0232. The molecule has 2 N–H and O–H groups in total. The average Bonchev–Trinajstić information content (AvgIpc) is 3.01. The van der Waals surface area contributed by atoms with Crippen molar-refractivity contribution in [2.45, 2.75) is 13.3 Å². The van der Waals surface area contributed by atoms with Gasteiger partial charge in [0.2, 0.25) is 0 Å². The number of hydrogen-bond acceptors (Lipinski definition) is 2. The Bertz CT molecular complexity index is 759.